The van der Waals surface area contributed by atoms with Crippen molar-refractivity contribution < 1.29 is 14.4 Å². The second-order valence-corrected chi connectivity index (χ2v) is 7.10. The van der Waals surface area contributed by atoms with E-state index in [2.05, 4.69) is 17.4 Å². The lowest BCUT2D eigenvalue weighted by Gasteiger charge is -2.34. The van der Waals surface area contributed by atoms with Crippen LogP contribution in [0.4, 0.5) is 0 Å². The molecule has 0 unspecified atom stereocenters. The average molecular weight is 357 g/mol. The number of nitrogens with one attached hydrogen (secondary N) is 1. The number of carbonyl (C=O) groups excluding carboxylic acids is 3. The molecule has 0 bridgehead atoms. The van der Waals surface area contributed by atoms with Gasteiger partial charge in [-0.15, -0.1) is 0 Å². The van der Waals surface area contributed by atoms with E-state index in [0.717, 1.165) is 19.3 Å². The van der Waals surface area contributed by atoms with Crippen LogP contribution in [0.3, 0.4) is 0 Å². The first-order valence-corrected chi connectivity index (χ1v) is 9.45. The van der Waals surface area contributed by atoms with E-state index < -0.39 is 0 Å². The topological polar surface area (TPSA) is 69.7 Å². The predicted molar refractivity (Wildman–Crippen MR) is 98.3 cm³/mol. The number of carbonyl (C=O) groups is 3. The molecule has 0 radical (unpaired) electrons. The molecule has 0 spiro atoms. The van der Waals surface area contributed by atoms with Crippen LogP contribution in [-0.4, -0.2) is 53.7 Å². The molecule has 0 saturated carbocycles. The van der Waals surface area contributed by atoms with Gasteiger partial charge in [-0.3, -0.25) is 14.4 Å². The van der Waals surface area contributed by atoms with Gasteiger partial charge < -0.3 is 15.1 Å². The van der Waals surface area contributed by atoms with Gasteiger partial charge >= 0.3 is 0 Å². The van der Waals surface area contributed by atoms with Crippen LogP contribution in [0, 0.1) is 0 Å². The number of rotatable bonds is 4. The third kappa shape index (κ3) is 4.42. The van der Waals surface area contributed by atoms with Gasteiger partial charge in [0, 0.05) is 45.9 Å². The highest BCUT2D eigenvalue weighted by Gasteiger charge is 2.24. The molecule has 3 rings (SSSR count). The SMILES string of the molecule is CC(=O)N1CCN(C(=O)CCC(=O)N[C@H]2CCCc3ccccc32)CC1. The summed E-state index contributed by atoms with van der Waals surface area (Å²) in [5.41, 5.74) is 2.52. The second-order valence-electron chi connectivity index (χ2n) is 7.10. The fourth-order valence-electron chi connectivity index (χ4n) is 3.82. The monoisotopic (exact) mass is 357 g/mol. The average Bonchev–Trinajstić information content (AvgIpc) is 2.66. The van der Waals surface area contributed by atoms with Crippen LogP contribution in [-0.2, 0) is 20.8 Å². The molecule has 0 aromatic heterocycles. The lowest BCUT2D eigenvalue weighted by Crippen LogP contribution is -2.50. The van der Waals surface area contributed by atoms with E-state index >= 15 is 0 Å². The number of fused-ring (bicyclic) bond motifs is 1. The van der Waals surface area contributed by atoms with Crippen LogP contribution in [0.15, 0.2) is 24.3 Å². The van der Waals surface area contributed by atoms with E-state index in [1.807, 2.05) is 12.1 Å². The minimum atomic E-state index is -0.0672. The molecule has 140 valence electrons. The molecule has 1 aromatic carbocycles. The maximum absolute atomic E-state index is 12.3. The van der Waals surface area contributed by atoms with E-state index in [1.165, 1.54) is 11.1 Å². The zero-order valence-corrected chi connectivity index (χ0v) is 15.4. The zero-order valence-electron chi connectivity index (χ0n) is 15.4. The Kier molecular flexibility index (Phi) is 5.91. The number of amides is 3. The summed E-state index contributed by atoms with van der Waals surface area (Å²) in [5.74, 6) is -0.0286. The highest BCUT2D eigenvalue weighted by atomic mass is 16.2. The third-order valence-electron chi connectivity index (χ3n) is 5.35. The minimum absolute atomic E-state index is 0.00704. The highest BCUT2D eigenvalue weighted by Crippen LogP contribution is 2.29. The van der Waals surface area contributed by atoms with Crippen molar-refractivity contribution in [2.24, 2.45) is 0 Å². The van der Waals surface area contributed by atoms with Gasteiger partial charge in [-0.25, -0.2) is 0 Å². The number of benzene rings is 1. The highest BCUT2D eigenvalue weighted by molar-refractivity contribution is 5.84. The standard InChI is InChI=1S/C20H27N3O3/c1-15(24)22-11-13-23(14-12-22)20(26)10-9-19(25)21-18-8-4-6-16-5-2-3-7-17(16)18/h2-3,5,7,18H,4,6,8-14H2,1H3,(H,21,25)/t18-/m0/s1. The summed E-state index contributed by atoms with van der Waals surface area (Å²) in [7, 11) is 0. The van der Waals surface area contributed by atoms with E-state index in [0.29, 0.717) is 26.2 Å². The molecule has 2 aliphatic rings. The number of nitrogens with zero attached hydrogens (tertiary/aromatic N) is 2. The quantitative estimate of drug-likeness (QED) is 0.891. The lowest BCUT2D eigenvalue weighted by atomic mass is 9.87. The van der Waals surface area contributed by atoms with E-state index in [-0.39, 0.29) is 36.6 Å². The lowest BCUT2D eigenvalue weighted by molar-refractivity contribution is -0.139. The maximum atomic E-state index is 12.3. The summed E-state index contributed by atoms with van der Waals surface area (Å²) in [6.45, 7) is 3.80. The predicted octanol–water partition coefficient (Wildman–Crippen LogP) is 1.65. The summed E-state index contributed by atoms with van der Waals surface area (Å²) in [6, 6.07) is 8.31. The van der Waals surface area contributed by atoms with Crippen molar-refractivity contribution in [3.05, 3.63) is 35.4 Å². The Morgan fingerprint density at radius 1 is 1.04 bits per heavy atom. The van der Waals surface area contributed by atoms with Crippen molar-refractivity contribution in [2.45, 2.75) is 45.1 Å². The van der Waals surface area contributed by atoms with E-state index in [9.17, 15) is 14.4 Å². The third-order valence-corrected chi connectivity index (χ3v) is 5.35. The van der Waals surface area contributed by atoms with Gasteiger partial charge in [0.1, 0.15) is 0 Å². The Hall–Kier alpha value is -2.37. The molecule has 1 saturated heterocycles. The first-order chi connectivity index (χ1) is 12.5. The largest absolute Gasteiger partial charge is 0.349 e. The van der Waals surface area contributed by atoms with Gasteiger partial charge in [-0.05, 0) is 30.4 Å². The van der Waals surface area contributed by atoms with Crippen LogP contribution in [0.5, 0.6) is 0 Å². The number of hydrogen-bond donors (Lipinski definition) is 1. The smallest absolute Gasteiger partial charge is 0.223 e. The maximum Gasteiger partial charge on any atom is 0.223 e. The van der Waals surface area contributed by atoms with Crippen molar-refractivity contribution in [1.82, 2.24) is 15.1 Å². The molecular weight excluding hydrogens is 330 g/mol. The van der Waals surface area contributed by atoms with Crippen molar-refractivity contribution in [2.75, 3.05) is 26.2 Å². The fraction of sp³-hybridized carbons (Fsp3) is 0.550. The Morgan fingerprint density at radius 3 is 2.46 bits per heavy atom. The van der Waals surface area contributed by atoms with Crippen molar-refractivity contribution in [3.63, 3.8) is 0 Å². The van der Waals surface area contributed by atoms with Gasteiger partial charge in [0.25, 0.3) is 0 Å². The van der Waals surface area contributed by atoms with Gasteiger partial charge in [0.2, 0.25) is 17.7 Å². The van der Waals surface area contributed by atoms with Crippen LogP contribution < -0.4 is 5.32 Å². The zero-order chi connectivity index (χ0) is 18.5. The number of aryl methyl sites for hydroxylation is 1. The molecule has 6 heteroatoms. The Balaban J connectivity index is 1.45. The molecule has 3 amide bonds. The molecule has 26 heavy (non-hydrogen) atoms. The molecule has 1 aliphatic heterocycles. The first kappa shape index (κ1) is 18.4. The van der Waals surface area contributed by atoms with E-state index in [4.69, 9.17) is 0 Å². The van der Waals surface area contributed by atoms with Gasteiger partial charge in [0.05, 0.1) is 6.04 Å². The summed E-state index contributed by atoms with van der Waals surface area (Å²) in [6.07, 6.45) is 3.52. The molecular formula is C20H27N3O3. The summed E-state index contributed by atoms with van der Waals surface area (Å²) >= 11 is 0. The van der Waals surface area contributed by atoms with Crippen LogP contribution >= 0.6 is 0 Å². The van der Waals surface area contributed by atoms with Crippen molar-refractivity contribution in [3.8, 4) is 0 Å². The molecule has 1 atom stereocenters. The van der Waals surface area contributed by atoms with E-state index in [1.54, 1.807) is 16.7 Å². The van der Waals surface area contributed by atoms with Crippen LogP contribution in [0.2, 0.25) is 0 Å². The molecule has 1 N–H and O–H groups in total. The van der Waals surface area contributed by atoms with Crippen LogP contribution in [0.1, 0.15) is 49.8 Å². The number of piperazine rings is 1. The Morgan fingerprint density at radius 2 is 1.73 bits per heavy atom. The van der Waals surface area contributed by atoms with Gasteiger partial charge in [-0.1, -0.05) is 24.3 Å². The van der Waals surface area contributed by atoms with Gasteiger partial charge in [0.15, 0.2) is 0 Å². The Bertz CT molecular complexity index is 681. The first-order valence-electron chi connectivity index (χ1n) is 9.45. The normalized spacial score (nSPS) is 19.7. The summed E-state index contributed by atoms with van der Waals surface area (Å²) in [5, 5.41) is 3.09. The Labute approximate surface area is 154 Å². The summed E-state index contributed by atoms with van der Waals surface area (Å²) in [4.78, 5) is 39.5. The fourth-order valence-corrected chi connectivity index (χ4v) is 3.82. The van der Waals surface area contributed by atoms with Crippen molar-refractivity contribution >= 4 is 17.7 Å². The molecule has 1 aliphatic carbocycles. The second kappa shape index (κ2) is 8.34. The molecule has 1 heterocycles. The molecule has 1 fully saturated rings. The number of hydrogen-bond acceptors (Lipinski definition) is 3. The van der Waals surface area contributed by atoms with Crippen molar-refractivity contribution in [1.29, 1.82) is 0 Å². The summed E-state index contributed by atoms with van der Waals surface area (Å²) < 4.78 is 0. The van der Waals surface area contributed by atoms with Crippen LogP contribution in [0.25, 0.3) is 0 Å². The van der Waals surface area contributed by atoms with Gasteiger partial charge in [-0.2, -0.15) is 0 Å². The molecule has 6 nitrogen and oxygen atoms in total. The minimum Gasteiger partial charge on any atom is -0.349 e. The molecule has 1 aromatic rings.